The Bertz CT molecular complexity index is 1700. The van der Waals surface area contributed by atoms with Crippen molar-refractivity contribution in [3.8, 4) is 17.0 Å². The normalized spacial score (nSPS) is 17.2. The third kappa shape index (κ3) is 6.74. The number of aromatic nitrogens is 1. The van der Waals surface area contributed by atoms with Crippen molar-refractivity contribution in [3.05, 3.63) is 63.5 Å². The van der Waals surface area contributed by atoms with E-state index in [-0.39, 0.29) is 24.3 Å². The van der Waals surface area contributed by atoms with Gasteiger partial charge in [0.05, 0.1) is 56.8 Å². The minimum Gasteiger partial charge on any atom is -0.550 e. The van der Waals surface area contributed by atoms with Gasteiger partial charge in [-0.3, -0.25) is 4.79 Å². The second-order valence-corrected chi connectivity index (χ2v) is 15.5. The maximum Gasteiger partial charge on any atom is 0.243 e. The lowest BCUT2D eigenvalue weighted by atomic mass is 9.80. The lowest BCUT2D eigenvalue weighted by Crippen LogP contribution is -2.52. The number of piperidine rings is 1. The van der Waals surface area contributed by atoms with E-state index in [2.05, 4.69) is 31.4 Å². The van der Waals surface area contributed by atoms with Gasteiger partial charge >= 0.3 is 0 Å². The van der Waals surface area contributed by atoms with E-state index in [9.17, 15) is 31.9 Å². The molecule has 2 aromatic carbocycles. The van der Waals surface area contributed by atoms with Crippen molar-refractivity contribution in [3.63, 3.8) is 0 Å². The SMILES string of the molecule is COc1ccc(S(=O)(=O)N2CCC([N+](C)(C)C)CC2)cc1-c1csc(CNC(=O)C2(CC(=O)[O-])Cc3cc(F)c(F)cc3C2)n1. The van der Waals surface area contributed by atoms with Crippen LogP contribution in [0.1, 0.15) is 35.4 Å². The van der Waals surface area contributed by atoms with Crippen molar-refractivity contribution >= 4 is 33.2 Å². The van der Waals surface area contributed by atoms with Crippen molar-refractivity contribution in [2.75, 3.05) is 41.3 Å². The Hall–Kier alpha value is -3.46. The molecular formula is C31H36F2N4O6S2. The number of hydrogen-bond acceptors (Lipinski definition) is 8. The van der Waals surface area contributed by atoms with Crippen LogP contribution in [-0.2, 0) is 39.0 Å². The fourth-order valence-electron chi connectivity index (χ4n) is 6.31. The number of halogens is 2. The summed E-state index contributed by atoms with van der Waals surface area (Å²) in [6, 6.07) is 7.02. The van der Waals surface area contributed by atoms with Crippen LogP contribution in [0.25, 0.3) is 11.3 Å². The van der Waals surface area contributed by atoms with Gasteiger partial charge in [-0.05, 0) is 54.3 Å². The van der Waals surface area contributed by atoms with Crippen molar-refractivity contribution in [2.24, 2.45) is 5.41 Å². The first-order valence-electron chi connectivity index (χ1n) is 14.5. The van der Waals surface area contributed by atoms with E-state index < -0.39 is 45.4 Å². The molecule has 3 aromatic rings. The number of quaternary nitrogens is 1. The molecule has 1 fully saturated rings. The summed E-state index contributed by atoms with van der Waals surface area (Å²) in [5.41, 5.74) is 0.208. The fourth-order valence-corrected chi connectivity index (χ4v) is 8.54. The summed E-state index contributed by atoms with van der Waals surface area (Å²) in [4.78, 5) is 29.7. The molecule has 2 heterocycles. The van der Waals surface area contributed by atoms with Gasteiger partial charge in [-0.15, -0.1) is 11.3 Å². The van der Waals surface area contributed by atoms with Crippen LogP contribution in [0.2, 0.25) is 0 Å². The number of fused-ring (bicyclic) bond motifs is 1. The number of methoxy groups -OCH3 is 1. The molecule has 0 saturated carbocycles. The highest BCUT2D eigenvalue weighted by Gasteiger charge is 2.44. The Morgan fingerprint density at radius 2 is 1.73 bits per heavy atom. The van der Waals surface area contributed by atoms with Crippen LogP contribution in [0, 0.1) is 17.0 Å². The van der Waals surface area contributed by atoms with E-state index in [1.54, 1.807) is 17.5 Å². The number of amides is 1. The lowest BCUT2D eigenvalue weighted by Gasteiger charge is -2.39. The summed E-state index contributed by atoms with van der Waals surface area (Å²) in [6.07, 6.45) is 0.751. The summed E-state index contributed by atoms with van der Waals surface area (Å²) >= 11 is 1.23. The summed E-state index contributed by atoms with van der Waals surface area (Å²) in [6.45, 7) is 0.816. The first kappa shape index (κ1) is 32.9. The van der Waals surface area contributed by atoms with Gasteiger partial charge in [-0.25, -0.2) is 22.2 Å². The number of aliphatic carboxylic acids is 1. The molecule has 1 aliphatic heterocycles. The average Bonchev–Trinajstić information content (AvgIpc) is 3.60. The first-order chi connectivity index (χ1) is 21.1. The minimum atomic E-state index is -3.77. The predicted molar refractivity (Wildman–Crippen MR) is 162 cm³/mol. The van der Waals surface area contributed by atoms with Gasteiger partial charge in [0.15, 0.2) is 11.6 Å². The maximum atomic E-state index is 13.8. The van der Waals surface area contributed by atoms with Gasteiger partial charge in [0.25, 0.3) is 0 Å². The first-order valence-corrected chi connectivity index (χ1v) is 16.8. The van der Waals surface area contributed by atoms with Crippen LogP contribution >= 0.6 is 11.3 Å². The molecule has 2 aliphatic rings. The Balaban J connectivity index is 1.32. The third-order valence-corrected chi connectivity index (χ3v) is 11.6. The van der Waals surface area contributed by atoms with Crippen molar-refractivity contribution in [1.82, 2.24) is 14.6 Å². The van der Waals surface area contributed by atoms with Gasteiger partial charge in [-0.1, -0.05) is 0 Å². The molecule has 14 heteroatoms. The largest absolute Gasteiger partial charge is 0.550 e. The van der Waals surface area contributed by atoms with Crippen LogP contribution < -0.4 is 15.2 Å². The zero-order valence-corrected chi connectivity index (χ0v) is 27.2. The number of carbonyl (C=O) groups excluding carboxylic acids is 2. The number of rotatable bonds is 10. The standard InChI is InChI=1S/C31H36F2N4O6S2/c1-37(2,3)21-7-9-36(10-8-21)45(41,42)22-5-6-27(43-4)23(13-22)26-18-44-28(35-26)17-34-30(40)31(16-29(38)39)14-19-11-24(32)25(33)12-20(19)15-31/h5-6,11-13,18,21H,7-10,14-17H2,1-4H3,(H-,34,38,39,40). The number of carbonyl (C=O) groups is 2. The van der Waals surface area contributed by atoms with Crippen molar-refractivity contribution in [2.45, 2.75) is 49.6 Å². The topological polar surface area (TPSA) is 129 Å². The van der Waals surface area contributed by atoms with E-state index in [1.807, 2.05) is 0 Å². The van der Waals surface area contributed by atoms with Gasteiger partial charge in [0, 0.05) is 49.3 Å². The average molecular weight is 663 g/mol. The molecule has 242 valence electrons. The zero-order chi connectivity index (χ0) is 32.7. The highest BCUT2D eigenvalue weighted by atomic mass is 32.2. The number of carboxylic acids is 1. The van der Waals surface area contributed by atoms with E-state index in [4.69, 9.17) is 4.74 Å². The maximum absolute atomic E-state index is 13.8. The smallest absolute Gasteiger partial charge is 0.243 e. The highest BCUT2D eigenvalue weighted by molar-refractivity contribution is 7.89. The summed E-state index contributed by atoms with van der Waals surface area (Å²) in [7, 11) is 4.05. The molecule has 5 rings (SSSR count). The molecule has 45 heavy (non-hydrogen) atoms. The van der Waals surface area contributed by atoms with E-state index in [1.165, 1.54) is 28.8 Å². The predicted octanol–water partition coefficient (Wildman–Crippen LogP) is 2.50. The molecule has 0 unspecified atom stereocenters. The number of carboxylic acid groups (broad SMARTS) is 1. The number of nitrogens with one attached hydrogen (secondary N) is 1. The molecular weight excluding hydrogens is 626 g/mol. The van der Waals surface area contributed by atoms with Crippen molar-refractivity contribution in [1.29, 1.82) is 0 Å². The number of benzene rings is 2. The van der Waals surface area contributed by atoms with Crippen LogP contribution in [-0.4, -0.2) is 81.5 Å². The molecule has 0 radical (unpaired) electrons. The molecule has 1 saturated heterocycles. The summed E-state index contributed by atoms with van der Waals surface area (Å²) < 4.78 is 62.6. The van der Waals surface area contributed by atoms with Crippen LogP contribution in [0.5, 0.6) is 5.75 Å². The zero-order valence-electron chi connectivity index (χ0n) is 25.6. The molecule has 1 amide bonds. The summed E-state index contributed by atoms with van der Waals surface area (Å²) in [5, 5.41) is 16.5. The van der Waals surface area contributed by atoms with Gasteiger partial charge < -0.3 is 24.4 Å². The number of ether oxygens (including phenoxy) is 1. The molecule has 0 spiro atoms. The number of sulfonamides is 1. The Kier molecular flexibility index (Phi) is 9.06. The Morgan fingerprint density at radius 3 is 2.29 bits per heavy atom. The summed E-state index contributed by atoms with van der Waals surface area (Å²) in [5.74, 6) is -3.75. The molecule has 0 atom stereocenters. The Morgan fingerprint density at radius 1 is 1.11 bits per heavy atom. The van der Waals surface area contributed by atoms with E-state index >= 15 is 0 Å². The molecule has 10 nitrogen and oxygen atoms in total. The van der Waals surface area contributed by atoms with Crippen LogP contribution in [0.4, 0.5) is 8.78 Å². The number of hydrogen-bond donors (Lipinski definition) is 1. The van der Waals surface area contributed by atoms with Gasteiger partial charge in [0.2, 0.25) is 15.9 Å². The monoisotopic (exact) mass is 662 g/mol. The Labute approximate surface area is 265 Å². The number of nitrogens with zero attached hydrogens (tertiary/aromatic N) is 3. The number of thiazole rings is 1. The molecule has 1 aliphatic carbocycles. The second-order valence-electron chi connectivity index (χ2n) is 12.6. The van der Waals surface area contributed by atoms with Gasteiger partial charge in [0.1, 0.15) is 10.8 Å². The molecule has 1 aromatic heterocycles. The fraction of sp³-hybridized carbons (Fsp3) is 0.452. The minimum absolute atomic E-state index is 0.0428. The van der Waals surface area contributed by atoms with E-state index in [0.717, 1.165) is 29.5 Å². The lowest BCUT2D eigenvalue weighted by molar-refractivity contribution is -0.897. The van der Waals surface area contributed by atoms with Crippen LogP contribution in [0.15, 0.2) is 40.6 Å². The van der Waals surface area contributed by atoms with Crippen molar-refractivity contribution < 1.29 is 41.1 Å². The highest BCUT2D eigenvalue weighted by Crippen LogP contribution is 2.41. The van der Waals surface area contributed by atoms with E-state index in [0.29, 0.717) is 52.3 Å². The second kappa shape index (κ2) is 12.4. The third-order valence-electron chi connectivity index (χ3n) is 8.82. The van der Waals surface area contributed by atoms with Gasteiger partial charge in [-0.2, -0.15) is 4.31 Å². The quantitative estimate of drug-likeness (QED) is 0.331. The molecule has 1 N–H and O–H groups in total. The van der Waals surface area contributed by atoms with Crippen LogP contribution in [0.3, 0.4) is 0 Å². The molecule has 0 bridgehead atoms.